The van der Waals surface area contributed by atoms with Crippen LogP contribution < -0.4 is 5.32 Å². The molecule has 0 spiro atoms. The summed E-state index contributed by atoms with van der Waals surface area (Å²) in [6, 6.07) is 3.67. The van der Waals surface area contributed by atoms with E-state index in [1.807, 2.05) is 12.1 Å². The molecule has 2 aliphatic carbocycles. The topological polar surface area (TPSA) is 29.1 Å². The fourth-order valence-electron chi connectivity index (χ4n) is 3.86. The van der Waals surface area contributed by atoms with Gasteiger partial charge in [-0.25, -0.2) is 0 Å². The van der Waals surface area contributed by atoms with Crippen molar-refractivity contribution in [3.8, 4) is 0 Å². The predicted molar refractivity (Wildman–Crippen MR) is 98.6 cm³/mol. The van der Waals surface area contributed by atoms with E-state index in [-0.39, 0.29) is 5.91 Å². The fourth-order valence-corrected chi connectivity index (χ4v) is 4.77. The highest BCUT2D eigenvalue weighted by Crippen LogP contribution is 2.44. The lowest BCUT2D eigenvalue weighted by molar-refractivity contribution is -0.110. The van der Waals surface area contributed by atoms with Crippen LogP contribution in [0.4, 0.5) is 5.69 Å². The minimum absolute atomic E-state index is 0.0480. The lowest BCUT2D eigenvalue weighted by atomic mass is 9.91. The molecule has 0 saturated carbocycles. The molecular formula is C19H17BrClNO. The zero-order valence-electron chi connectivity index (χ0n) is 12.9. The van der Waals surface area contributed by atoms with Crippen LogP contribution in [0.25, 0.3) is 5.57 Å². The number of nitrogens with one attached hydrogen (secondary N) is 1. The van der Waals surface area contributed by atoms with Crippen LogP contribution in [0, 0.1) is 0 Å². The Balaban J connectivity index is 1.77. The molecule has 0 fully saturated rings. The van der Waals surface area contributed by atoms with Gasteiger partial charge in [0.2, 0.25) is 0 Å². The Morgan fingerprint density at radius 3 is 2.83 bits per heavy atom. The van der Waals surface area contributed by atoms with E-state index in [0.717, 1.165) is 27.7 Å². The van der Waals surface area contributed by atoms with Gasteiger partial charge in [-0.3, -0.25) is 4.79 Å². The van der Waals surface area contributed by atoms with E-state index in [4.69, 9.17) is 11.6 Å². The van der Waals surface area contributed by atoms with E-state index < -0.39 is 0 Å². The molecule has 1 N–H and O–H groups in total. The van der Waals surface area contributed by atoms with Gasteiger partial charge >= 0.3 is 0 Å². The van der Waals surface area contributed by atoms with Crippen LogP contribution in [-0.4, -0.2) is 5.91 Å². The van der Waals surface area contributed by atoms with Crippen LogP contribution in [0.5, 0.6) is 0 Å². The Hall–Kier alpha value is -1.32. The lowest BCUT2D eigenvalue weighted by Gasteiger charge is -2.14. The highest BCUT2D eigenvalue weighted by molar-refractivity contribution is 9.10. The number of fused-ring (bicyclic) bond motifs is 1. The molecule has 4 rings (SSSR count). The van der Waals surface area contributed by atoms with E-state index in [1.54, 1.807) is 5.57 Å². The summed E-state index contributed by atoms with van der Waals surface area (Å²) in [5.74, 6) is -0.0480. The van der Waals surface area contributed by atoms with Crippen molar-refractivity contribution in [2.45, 2.75) is 39.0 Å². The van der Waals surface area contributed by atoms with Gasteiger partial charge in [-0.15, -0.1) is 0 Å². The number of amides is 1. The average molecular weight is 391 g/mol. The molecule has 118 valence electrons. The molecule has 1 aromatic carbocycles. The monoisotopic (exact) mass is 389 g/mol. The number of anilines is 1. The summed E-state index contributed by atoms with van der Waals surface area (Å²) in [4.78, 5) is 12.4. The Labute approximate surface area is 149 Å². The fraction of sp³-hybridized carbons (Fsp3) is 0.316. The van der Waals surface area contributed by atoms with Crippen LogP contribution in [-0.2, 0) is 4.79 Å². The number of hydrogen-bond donors (Lipinski definition) is 1. The molecule has 1 aliphatic heterocycles. The number of carbonyl (C=O) groups excluding carboxylic acids is 1. The predicted octanol–water partition coefficient (Wildman–Crippen LogP) is 6.03. The smallest absolute Gasteiger partial charge is 0.256 e. The average Bonchev–Trinajstić information content (AvgIpc) is 3.00. The number of allylic oxidation sites excluding steroid dienone is 5. The highest BCUT2D eigenvalue weighted by Gasteiger charge is 2.29. The molecule has 0 unspecified atom stereocenters. The molecule has 4 heteroatoms. The largest absolute Gasteiger partial charge is 0.320 e. The van der Waals surface area contributed by atoms with Gasteiger partial charge in [0.15, 0.2) is 0 Å². The maximum Gasteiger partial charge on any atom is 0.256 e. The maximum atomic E-state index is 12.4. The Kier molecular flexibility index (Phi) is 3.73. The summed E-state index contributed by atoms with van der Waals surface area (Å²) < 4.78 is 0.825. The zero-order valence-corrected chi connectivity index (χ0v) is 15.3. The van der Waals surface area contributed by atoms with Crippen molar-refractivity contribution >= 4 is 44.7 Å². The summed E-state index contributed by atoms with van der Waals surface area (Å²) in [7, 11) is 0. The van der Waals surface area contributed by atoms with E-state index in [9.17, 15) is 4.79 Å². The molecule has 0 saturated heterocycles. The van der Waals surface area contributed by atoms with E-state index in [2.05, 4.69) is 34.2 Å². The van der Waals surface area contributed by atoms with E-state index in [1.165, 1.54) is 42.4 Å². The van der Waals surface area contributed by atoms with Crippen molar-refractivity contribution in [2.24, 2.45) is 0 Å². The Morgan fingerprint density at radius 1 is 1.26 bits per heavy atom. The Bertz CT molecular complexity index is 832. The van der Waals surface area contributed by atoms with Gasteiger partial charge in [0.1, 0.15) is 0 Å². The maximum absolute atomic E-state index is 12.4. The van der Waals surface area contributed by atoms with Gasteiger partial charge in [0, 0.05) is 20.6 Å². The van der Waals surface area contributed by atoms with Crippen LogP contribution >= 0.6 is 27.5 Å². The molecule has 23 heavy (non-hydrogen) atoms. The van der Waals surface area contributed by atoms with Crippen molar-refractivity contribution in [3.63, 3.8) is 0 Å². The Morgan fingerprint density at radius 2 is 2.04 bits per heavy atom. The first-order valence-corrected chi connectivity index (χ1v) is 9.15. The summed E-state index contributed by atoms with van der Waals surface area (Å²) in [6.07, 6.45) is 8.04. The number of rotatable bonds is 1. The molecule has 0 aromatic heterocycles. The molecule has 1 heterocycles. The second-order valence-electron chi connectivity index (χ2n) is 6.44. The van der Waals surface area contributed by atoms with E-state index >= 15 is 0 Å². The van der Waals surface area contributed by atoms with E-state index in [0.29, 0.717) is 5.02 Å². The molecule has 0 radical (unpaired) electrons. The summed E-state index contributed by atoms with van der Waals surface area (Å²) in [5, 5.41) is 3.58. The summed E-state index contributed by atoms with van der Waals surface area (Å²) in [5.41, 5.74) is 8.19. The molecule has 0 atom stereocenters. The summed E-state index contributed by atoms with van der Waals surface area (Å²) in [6.45, 7) is 2.20. The lowest BCUT2D eigenvalue weighted by Crippen LogP contribution is -2.04. The minimum Gasteiger partial charge on any atom is -0.320 e. The minimum atomic E-state index is -0.0480. The third-order valence-corrected chi connectivity index (χ3v) is 5.91. The SMILES string of the molecule is CC1=C(C=C2C(=O)Nc3c(Br)cc(Cl)cc32)CC2=C1CCCC2. The van der Waals surface area contributed by atoms with Crippen LogP contribution in [0.3, 0.4) is 0 Å². The number of carbonyl (C=O) groups is 1. The van der Waals surface area contributed by atoms with Crippen molar-refractivity contribution in [2.75, 3.05) is 5.32 Å². The quantitative estimate of drug-likeness (QED) is 0.583. The third kappa shape index (κ3) is 2.50. The van der Waals surface area contributed by atoms with Crippen LogP contribution in [0.1, 0.15) is 44.6 Å². The zero-order chi connectivity index (χ0) is 16.1. The van der Waals surface area contributed by atoms with Gasteiger partial charge in [0.05, 0.1) is 5.69 Å². The van der Waals surface area contributed by atoms with Crippen LogP contribution in [0.2, 0.25) is 5.02 Å². The normalized spacial score (nSPS) is 21.9. The van der Waals surface area contributed by atoms with Crippen molar-refractivity contribution in [1.82, 2.24) is 0 Å². The van der Waals surface area contributed by atoms with Gasteiger partial charge in [-0.2, -0.15) is 0 Å². The van der Waals surface area contributed by atoms with Gasteiger partial charge < -0.3 is 5.32 Å². The molecule has 1 amide bonds. The first-order chi connectivity index (χ1) is 11.0. The molecular weight excluding hydrogens is 374 g/mol. The second kappa shape index (κ2) is 5.64. The van der Waals surface area contributed by atoms with Crippen LogP contribution in [0.15, 0.2) is 45.0 Å². The molecule has 0 bridgehead atoms. The van der Waals surface area contributed by atoms with Gasteiger partial charge in [0.25, 0.3) is 5.91 Å². The standard InChI is InChI=1S/C19H17BrClNO/c1-10-12(6-11-4-2-3-5-14(10)11)7-16-15-8-13(21)9-17(20)18(15)22-19(16)23/h7-9H,2-6H2,1H3,(H,22,23). The molecule has 2 nitrogen and oxygen atoms in total. The second-order valence-corrected chi connectivity index (χ2v) is 7.73. The number of benzene rings is 1. The van der Waals surface area contributed by atoms with Crippen molar-refractivity contribution in [1.29, 1.82) is 0 Å². The third-order valence-electron chi connectivity index (χ3n) is 5.07. The van der Waals surface area contributed by atoms with Gasteiger partial charge in [-0.1, -0.05) is 17.2 Å². The highest BCUT2D eigenvalue weighted by atomic mass is 79.9. The number of hydrogen-bond acceptors (Lipinski definition) is 1. The van der Waals surface area contributed by atoms with Crippen molar-refractivity contribution < 1.29 is 4.79 Å². The van der Waals surface area contributed by atoms with Gasteiger partial charge in [-0.05, 0) is 89.9 Å². The molecule has 3 aliphatic rings. The first-order valence-electron chi connectivity index (χ1n) is 7.98. The molecule has 1 aromatic rings. The first kappa shape index (κ1) is 15.2. The van der Waals surface area contributed by atoms with Crippen molar-refractivity contribution in [3.05, 3.63) is 55.6 Å². The summed E-state index contributed by atoms with van der Waals surface area (Å²) >= 11 is 9.65. The number of halogens is 2.